The van der Waals surface area contributed by atoms with Crippen LogP contribution in [-0.2, 0) is 5.66 Å². The van der Waals surface area contributed by atoms with Gasteiger partial charge in [0.2, 0.25) is 0 Å². The van der Waals surface area contributed by atoms with Gasteiger partial charge in [0.25, 0.3) is 0 Å². The zero-order chi connectivity index (χ0) is 37.8. The largest absolute Gasteiger partial charge is 0.374 e. The van der Waals surface area contributed by atoms with Crippen molar-refractivity contribution in [3.63, 3.8) is 0 Å². The number of benzene rings is 10. The van der Waals surface area contributed by atoms with E-state index < -0.39 is 5.66 Å². The van der Waals surface area contributed by atoms with Gasteiger partial charge in [0, 0.05) is 44.0 Å². The lowest BCUT2D eigenvalue weighted by Gasteiger charge is -2.52. The molecule has 270 valence electrons. The van der Waals surface area contributed by atoms with Crippen molar-refractivity contribution in [3.8, 4) is 0 Å². The summed E-state index contributed by atoms with van der Waals surface area (Å²) in [6, 6.07) is 79.4. The second kappa shape index (κ2) is 13.4. The third kappa shape index (κ3) is 5.27. The quantitative estimate of drug-likeness (QED) is 0.160. The second-order valence-electron chi connectivity index (χ2n) is 15.0. The Morgan fingerprint density at radius 3 is 1.23 bits per heavy atom. The fourth-order valence-electron chi connectivity index (χ4n) is 9.39. The van der Waals surface area contributed by atoms with Crippen molar-refractivity contribution in [1.82, 2.24) is 0 Å². The zero-order valence-corrected chi connectivity index (χ0v) is 31.3. The standard InChI is InChI=1S/C54H39N3/c1-5-25-41-37(17-1)21-13-33-49(41)55-53-45-29-9-11-31-47(45)54(48-32-12-10-30-46(48)53,56-50-34-14-22-38-18-2-6-26-42(38)50)57(51-35-15-23-39-19-3-7-27-43(39)51)52-36-16-24-40-20-4-8-28-44(40)52/h1-36,53,55-56H. The smallest absolute Gasteiger partial charge is 0.168 e. The van der Waals surface area contributed by atoms with Crippen LogP contribution in [0.3, 0.4) is 0 Å². The molecule has 3 heteroatoms. The first-order valence-corrected chi connectivity index (χ1v) is 19.7. The Morgan fingerprint density at radius 1 is 0.333 bits per heavy atom. The molecule has 0 saturated heterocycles. The Bertz CT molecular complexity index is 2980. The van der Waals surface area contributed by atoms with Crippen LogP contribution in [0.25, 0.3) is 43.1 Å². The highest BCUT2D eigenvalue weighted by atomic mass is 15.3. The number of nitrogens with zero attached hydrogens (tertiary/aromatic N) is 1. The van der Waals surface area contributed by atoms with E-state index in [1.165, 1.54) is 65.3 Å². The normalized spacial score (nSPS) is 16.0. The number of rotatable bonds is 7. The highest BCUT2D eigenvalue weighted by Crippen LogP contribution is 2.55. The number of hydrogen-bond acceptors (Lipinski definition) is 3. The molecule has 0 unspecified atom stereocenters. The molecule has 10 aromatic carbocycles. The Balaban J connectivity index is 1.28. The number of fused-ring (bicyclic) bond motifs is 6. The lowest BCUT2D eigenvalue weighted by molar-refractivity contribution is 0.564. The van der Waals surface area contributed by atoms with Gasteiger partial charge in [-0.3, -0.25) is 0 Å². The maximum Gasteiger partial charge on any atom is 0.168 e. The number of anilines is 4. The van der Waals surface area contributed by atoms with Crippen molar-refractivity contribution in [2.24, 2.45) is 0 Å². The molecule has 0 aliphatic heterocycles. The molecule has 1 aliphatic carbocycles. The fraction of sp³-hybridized carbons (Fsp3) is 0.0370. The van der Waals surface area contributed by atoms with Gasteiger partial charge in [-0.25, -0.2) is 0 Å². The van der Waals surface area contributed by atoms with Gasteiger partial charge in [0.15, 0.2) is 5.66 Å². The van der Waals surface area contributed by atoms with Crippen LogP contribution in [0.1, 0.15) is 28.3 Å². The first-order chi connectivity index (χ1) is 28.3. The van der Waals surface area contributed by atoms with E-state index >= 15 is 0 Å². The van der Waals surface area contributed by atoms with Crippen LogP contribution in [0.5, 0.6) is 0 Å². The van der Waals surface area contributed by atoms with E-state index in [1.807, 2.05) is 0 Å². The molecular weight excluding hydrogens is 691 g/mol. The Labute approximate surface area is 332 Å². The van der Waals surface area contributed by atoms with E-state index in [2.05, 4.69) is 234 Å². The lowest BCUT2D eigenvalue weighted by atomic mass is 9.73. The summed E-state index contributed by atoms with van der Waals surface area (Å²) in [5.74, 6) is 0. The van der Waals surface area contributed by atoms with Crippen molar-refractivity contribution < 1.29 is 0 Å². The summed E-state index contributed by atoms with van der Waals surface area (Å²) in [6.45, 7) is 0. The Hall–Kier alpha value is -7.36. The van der Waals surface area contributed by atoms with E-state index in [9.17, 15) is 0 Å². The van der Waals surface area contributed by atoms with E-state index in [0.29, 0.717) is 0 Å². The van der Waals surface area contributed by atoms with Crippen LogP contribution in [0.2, 0.25) is 0 Å². The molecule has 2 N–H and O–H groups in total. The van der Waals surface area contributed by atoms with Crippen molar-refractivity contribution in [2.45, 2.75) is 11.7 Å². The van der Waals surface area contributed by atoms with Gasteiger partial charge in [0.1, 0.15) is 0 Å². The van der Waals surface area contributed by atoms with Gasteiger partial charge in [-0.15, -0.1) is 0 Å². The molecule has 11 rings (SSSR count). The van der Waals surface area contributed by atoms with Gasteiger partial charge in [0.05, 0.1) is 17.4 Å². The SMILES string of the molecule is c1ccc2c(c1)C(Nc1cccc3ccccc13)c1ccccc1C2(Nc1cccc2ccccc12)N(c1cccc2ccccc12)c1cccc2ccccc12. The number of hydrogen-bond donors (Lipinski definition) is 2. The van der Waals surface area contributed by atoms with Crippen molar-refractivity contribution in [1.29, 1.82) is 0 Å². The predicted molar refractivity (Wildman–Crippen MR) is 241 cm³/mol. The van der Waals surface area contributed by atoms with E-state index in [-0.39, 0.29) is 6.04 Å². The van der Waals surface area contributed by atoms with Crippen LogP contribution < -0.4 is 15.5 Å². The third-order valence-corrected chi connectivity index (χ3v) is 11.9. The maximum absolute atomic E-state index is 4.39. The monoisotopic (exact) mass is 729 g/mol. The average molecular weight is 730 g/mol. The Kier molecular flexibility index (Phi) is 7.78. The summed E-state index contributed by atoms with van der Waals surface area (Å²) in [7, 11) is 0. The Morgan fingerprint density at radius 2 is 0.702 bits per heavy atom. The molecule has 10 aromatic rings. The molecule has 57 heavy (non-hydrogen) atoms. The average Bonchev–Trinajstić information content (AvgIpc) is 3.28. The summed E-state index contributed by atoms with van der Waals surface area (Å²) in [4.78, 5) is 2.60. The first kappa shape index (κ1) is 33.0. The molecule has 0 fully saturated rings. The minimum Gasteiger partial charge on any atom is -0.374 e. The van der Waals surface area contributed by atoms with Crippen LogP contribution in [-0.4, -0.2) is 0 Å². The third-order valence-electron chi connectivity index (χ3n) is 11.9. The van der Waals surface area contributed by atoms with E-state index in [4.69, 9.17) is 0 Å². The minimum absolute atomic E-state index is 0.132. The summed E-state index contributed by atoms with van der Waals surface area (Å²) in [6.07, 6.45) is 0. The molecule has 0 aromatic heterocycles. The topological polar surface area (TPSA) is 27.3 Å². The number of nitrogens with one attached hydrogen (secondary N) is 2. The molecule has 0 atom stereocenters. The van der Waals surface area contributed by atoms with Crippen molar-refractivity contribution in [2.75, 3.05) is 15.5 Å². The molecule has 0 amide bonds. The molecule has 0 spiro atoms. The molecular formula is C54H39N3. The summed E-state index contributed by atoms with van der Waals surface area (Å²) < 4.78 is 0. The molecule has 3 nitrogen and oxygen atoms in total. The van der Waals surface area contributed by atoms with Crippen LogP contribution in [0.4, 0.5) is 22.7 Å². The van der Waals surface area contributed by atoms with Crippen molar-refractivity contribution >= 4 is 65.8 Å². The molecule has 0 saturated carbocycles. The van der Waals surface area contributed by atoms with Gasteiger partial charge in [-0.1, -0.05) is 194 Å². The molecule has 1 aliphatic rings. The van der Waals surface area contributed by atoms with Gasteiger partial charge >= 0.3 is 0 Å². The van der Waals surface area contributed by atoms with E-state index in [0.717, 1.165) is 22.7 Å². The summed E-state index contributed by atoms with van der Waals surface area (Å²) >= 11 is 0. The lowest BCUT2D eigenvalue weighted by Crippen LogP contribution is -2.54. The fourth-order valence-corrected chi connectivity index (χ4v) is 9.39. The first-order valence-electron chi connectivity index (χ1n) is 19.7. The maximum atomic E-state index is 4.39. The van der Waals surface area contributed by atoms with Gasteiger partial charge < -0.3 is 15.5 Å². The predicted octanol–water partition coefficient (Wildman–Crippen LogP) is 14.0. The van der Waals surface area contributed by atoms with Crippen molar-refractivity contribution in [3.05, 3.63) is 241 Å². The summed E-state index contributed by atoms with van der Waals surface area (Å²) in [5, 5.41) is 18.0. The molecule has 0 radical (unpaired) electrons. The van der Waals surface area contributed by atoms with E-state index in [1.54, 1.807) is 0 Å². The minimum atomic E-state index is -0.942. The van der Waals surface area contributed by atoms with Gasteiger partial charge in [-0.05, 0) is 56.9 Å². The highest BCUT2D eigenvalue weighted by Gasteiger charge is 2.50. The molecule has 0 heterocycles. The van der Waals surface area contributed by atoms with Gasteiger partial charge in [-0.2, -0.15) is 0 Å². The second-order valence-corrected chi connectivity index (χ2v) is 15.0. The summed E-state index contributed by atoms with van der Waals surface area (Å²) in [5.41, 5.74) is 8.23. The van der Waals surface area contributed by atoms with Crippen LogP contribution >= 0.6 is 0 Å². The highest BCUT2D eigenvalue weighted by molar-refractivity contribution is 6.04. The van der Waals surface area contributed by atoms with Crippen LogP contribution in [0.15, 0.2) is 218 Å². The van der Waals surface area contributed by atoms with Crippen LogP contribution in [0, 0.1) is 0 Å². The molecule has 0 bridgehead atoms. The zero-order valence-electron chi connectivity index (χ0n) is 31.3.